The van der Waals surface area contributed by atoms with Crippen LogP contribution in [0.3, 0.4) is 0 Å². The number of nitrogens with one attached hydrogen (secondary N) is 1. The van der Waals surface area contributed by atoms with Crippen LogP contribution < -0.4 is 0 Å². The molecule has 1 aromatic carbocycles. The maximum atomic E-state index is 12.7. The summed E-state index contributed by atoms with van der Waals surface area (Å²) in [6.45, 7) is 11.0. The zero-order valence-electron chi connectivity index (χ0n) is 19.4. The standard InChI is InChI=1S/C26H35F3N2/c1-6-7-21(14-17(2)3)25-24(18(4)5)22-15-20(8-9-23(22)30-25)19-10-12-31(13-11-19)16-26(27,28)29/h7-9,14-15,18-19,30H,6,10-13,16H2,1-5H3/b21-7+. The van der Waals surface area contributed by atoms with Crippen LogP contribution in [-0.2, 0) is 0 Å². The van der Waals surface area contributed by atoms with E-state index in [1.807, 2.05) is 0 Å². The molecule has 5 heteroatoms. The molecule has 0 radical (unpaired) electrons. The summed E-state index contributed by atoms with van der Waals surface area (Å²) in [7, 11) is 0. The lowest BCUT2D eigenvalue weighted by Gasteiger charge is -2.32. The molecule has 1 saturated heterocycles. The third-order valence-electron chi connectivity index (χ3n) is 6.06. The van der Waals surface area contributed by atoms with Gasteiger partial charge in [-0.1, -0.05) is 44.6 Å². The third kappa shape index (κ3) is 5.82. The number of alkyl halides is 3. The molecule has 0 bridgehead atoms. The molecule has 1 aliphatic rings. The summed E-state index contributed by atoms with van der Waals surface area (Å²) in [4.78, 5) is 5.18. The molecule has 2 nitrogen and oxygen atoms in total. The maximum Gasteiger partial charge on any atom is 0.401 e. The highest BCUT2D eigenvalue weighted by Crippen LogP contribution is 2.37. The highest BCUT2D eigenvalue weighted by atomic mass is 19.4. The average molecular weight is 433 g/mol. The fourth-order valence-corrected chi connectivity index (χ4v) is 4.75. The lowest BCUT2D eigenvalue weighted by Crippen LogP contribution is -2.39. The van der Waals surface area contributed by atoms with Crippen molar-refractivity contribution in [3.05, 3.63) is 52.7 Å². The molecule has 0 saturated carbocycles. The van der Waals surface area contributed by atoms with E-state index in [0.29, 0.717) is 24.9 Å². The largest absolute Gasteiger partial charge is 0.401 e. The summed E-state index contributed by atoms with van der Waals surface area (Å²) in [5.74, 6) is 0.675. The first-order valence-corrected chi connectivity index (χ1v) is 11.4. The molecule has 170 valence electrons. The van der Waals surface area contributed by atoms with Gasteiger partial charge in [0.2, 0.25) is 0 Å². The Bertz CT molecular complexity index is 951. The van der Waals surface area contributed by atoms with Gasteiger partial charge in [-0.2, -0.15) is 13.2 Å². The number of likely N-dealkylation sites (tertiary alicyclic amines) is 1. The van der Waals surface area contributed by atoms with Crippen LogP contribution in [0.4, 0.5) is 13.2 Å². The number of hydrogen-bond acceptors (Lipinski definition) is 1. The van der Waals surface area contributed by atoms with E-state index in [9.17, 15) is 13.2 Å². The Hall–Kier alpha value is -2.01. The van der Waals surface area contributed by atoms with Crippen LogP contribution in [0.25, 0.3) is 16.5 Å². The summed E-state index contributed by atoms with van der Waals surface area (Å²) >= 11 is 0. The van der Waals surface area contributed by atoms with E-state index in [1.54, 1.807) is 0 Å². The van der Waals surface area contributed by atoms with Gasteiger partial charge in [0.15, 0.2) is 0 Å². The number of nitrogens with zero attached hydrogens (tertiary/aromatic N) is 1. The van der Waals surface area contributed by atoms with Crippen molar-refractivity contribution < 1.29 is 13.2 Å². The molecule has 2 heterocycles. The monoisotopic (exact) mass is 432 g/mol. The molecule has 3 rings (SSSR count). The lowest BCUT2D eigenvalue weighted by molar-refractivity contribution is -0.147. The predicted octanol–water partition coefficient (Wildman–Crippen LogP) is 7.79. The molecule has 1 fully saturated rings. The normalized spacial score (nSPS) is 17.0. The van der Waals surface area contributed by atoms with Gasteiger partial charge >= 0.3 is 6.18 Å². The molecule has 1 N–H and O–H groups in total. The van der Waals surface area contributed by atoms with Crippen molar-refractivity contribution >= 4 is 16.5 Å². The second-order valence-electron chi connectivity index (χ2n) is 9.33. The van der Waals surface area contributed by atoms with E-state index in [-0.39, 0.29) is 0 Å². The Balaban J connectivity index is 1.93. The minimum atomic E-state index is -4.12. The molecule has 2 aromatic rings. The number of halogens is 3. The van der Waals surface area contributed by atoms with Crippen LogP contribution in [-0.4, -0.2) is 35.7 Å². The van der Waals surface area contributed by atoms with Gasteiger partial charge in [0.05, 0.1) is 6.54 Å². The lowest BCUT2D eigenvalue weighted by atomic mass is 9.87. The highest BCUT2D eigenvalue weighted by molar-refractivity contribution is 5.92. The van der Waals surface area contributed by atoms with E-state index in [1.165, 1.54) is 38.3 Å². The molecule has 0 amide bonds. The van der Waals surface area contributed by atoms with Crippen molar-refractivity contribution in [2.45, 2.75) is 71.9 Å². The van der Waals surface area contributed by atoms with Crippen LogP contribution in [0.15, 0.2) is 35.9 Å². The predicted molar refractivity (Wildman–Crippen MR) is 125 cm³/mol. The number of aromatic amines is 1. The number of hydrogen-bond donors (Lipinski definition) is 1. The van der Waals surface area contributed by atoms with Crippen LogP contribution in [0, 0.1) is 0 Å². The second kappa shape index (κ2) is 9.64. The zero-order chi connectivity index (χ0) is 22.8. The third-order valence-corrected chi connectivity index (χ3v) is 6.06. The molecular formula is C26H35F3N2. The van der Waals surface area contributed by atoms with Crippen LogP contribution in [0.1, 0.15) is 82.5 Å². The Kier molecular flexibility index (Phi) is 7.35. The smallest absolute Gasteiger partial charge is 0.354 e. The molecule has 0 unspecified atom stereocenters. The highest BCUT2D eigenvalue weighted by Gasteiger charge is 2.32. The minimum absolute atomic E-state index is 0.315. The van der Waals surface area contributed by atoms with E-state index < -0.39 is 12.7 Å². The molecule has 31 heavy (non-hydrogen) atoms. The van der Waals surface area contributed by atoms with Crippen molar-refractivity contribution in [3.63, 3.8) is 0 Å². The van der Waals surface area contributed by atoms with Gasteiger partial charge in [-0.25, -0.2) is 0 Å². The van der Waals surface area contributed by atoms with E-state index in [0.717, 1.165) is 24.8 Å². The maximum absolute atomic E-state index is 12.7. The first kappa shape index (κ1) is 23.6. The number of aromatic nitrogens is 1. The van der Waals surface area contributed by atoms with Gasteiger partial charge in [-0.3, -0.25) is 4.90 Å². The van der Waals surface area contributed by atoms with Crippen molar-refractivity contribution in [2.24, 2.45) is 0 Å². The average Bonchev–Trinajstić information content (AvgIpc) is 3.05. The molecular weight excluding hydrogens is 397 g/mol. The SMILES string of the molecule is CC/C=C(\C=C(C)C)c1[nH]c2ccc(C3CCN(CC(F)(F)F)CC3)cc2c1C(C)C. The fourth-order valence-electron chi connectivity index (χ4n) is 4.75. The number of benzene rings is 1. The Morgan fingerprint density at radius 3 is 2.42 bits per heavy atom. The molecule has 0 aliphatic carbocycles. The molecule has 0 spiro atoms. The summed E-state index contributed by atoms with van der Waals surface area (Å²) in [6.07, 6.45) is 2.89. The fraction of sp³-hybridized carbons (Fsp3) is 0.538. The van der Waals surface area contributed by atoms with Crippen molar-refractivity contribution in [3.8, 4) is 0 Å². The van der Waals surface area contributed by atoms with E-state index in [2.05, 4.69) is 70.0 Å². The number of rotatable bonds is 6. The first-order chi connectivity index (χ1) is 14.6. The van der Waals surface area contributed by atoms with Crippen LogP contribution in [0.2, 0.25) is 0 Å². The topological polar surface area (TPSA) is 19.0 Å². The number of piperidine rings is 1. The van der Waals surface area contributed by atoms with Crippen LogP contribution >= 0.6 is 0 Å². The molecule has 1 aliphatic heterocycles. The zero-order valence-corrected chi connectivity index (χ0v) is 19.4. The number of allylic oxidation sites excluding steroid dienone is 4. The minimum Gasteiger partial charge on any atom is -0.354 e. The number of fused-ring (bicyclic) bond motifs is 1. The summed E-state index contributed by atoms with van der Waals surface area (Å²) in [5.41, 5.74) is 7.37. The van der Waals surface area contributed by atoms with Gasteiger partial charge in [0, 0.05) is 16.6 Å². The quantitative estimate of drug-likeness (QED) is 0.462. The second-order valence-corrected chi connectivity index (χ2v) is 9.33. The summed E-state index contributed by atoms with van der Waals surface area (Å²) in [6, 6.07) is 6.58. The van der Waals surface area contributed by atoms with Crippen LogP contribution in [0.5, 0.6) is 0 Å². The van der Waals surface area contributed by atoms with Crippen molar-refractivity contribution in [1.29, 1.82) is 0 Å². The Morgan fingerprint density at radius 1 is 1.19 bits per heavy atom. The summed E-state index contributed by atoms with van der Waals surface area (Å²) in [5, 5.41) is 1.24. The number of H-pyrrole nitrogens is 1. The molecule has 1 aromatic heterocycles. The van der Waals surface area contributed by atoms with Gasteiger partial charge in [-0.05, 0) is 86.9 Å². The summed E-state index contributed by atoms with van der Waals surface area (Å²) < 4.78 is 38.1. The van der Waals surface area contributed by atoms with Crippen molar-refractivity contribution in [1.82, 2.24) is 9.88 Å². The van der Waals surface area contributed by atoms with Gasteiger partial charge in [0.25, 0.3) is 0 Å². The van der Waals surface area contributed by atoms with Gasteiger partial charge in [0.1, 0.15) is 0 Å². The van der Waals surface area contributed by atoms with Gasteiger partial charge in [-0.15, -0.1) is 0 Å². The molecule has 0 atom stereocenters. The first-order valence-electron chi connectivity index (χ1n) is 11.4. The Labute approximate surface area is 184 Å². The van der Waals surface area contributed by atoms with E-state index in [4.69, 9.17) is 0 Å². The van der Waals surface area contributed by atoms with E-state index >= 15 is 0 Å². The van der Waals surface area contributed by atoms with Crippen molar-refractivity contribution in [2.75, 3.05) is 19.6 Å². The van der Waals surface area contributed by atoms with Gasteiger partial charge < -0.3 is 4.98 Å². The Morgan fingerprint density at radius 2 is 1.87 bits per heavy atom.